The summed E-state index contributed by atoms with van der Waals surface area (Å²) in [5, 5.41) is 3.20. The topological polar surface area (TPSA) is 49.4 Å². The number of nitrogens with zero attached hydrogens (tertiary/aromatic N) is 1. The monoisotopic (exact) mass is 410 g/mol. The van der Waals surface area contributed by atoms with Crippen LogP contribution < -0.4 is 5.32 Å². The average Bonchev–Trinajstić information content (AvgIpc) is 2.34. The number of piperazine rings is 1. The molecule has 1 aromatic rings. The van der Waals surface area contributed by atoms with Crippen molar-refractivity contribution in [3.63, 3.8) is 0 Å². The molecule has 4 nitrogen and oxygen atoms in total. The van der Waals surface area contributed by atoms with Gasteiger partial charge in [-0.2, -0.15) is 4.31 Å². The Morgan fingerprint density at radius 2 is 2.00 bits per heavy atom. The lowest BCUT2D eigenvalue weighted by atomic mass is 10.2. The van der Waals surface area contributed by atoms with E-state index in [4.69, 9.17) is 0 Å². The van der Waals surface area contributed by atoms with Crippen LogP contribution in [0.4, 0.5) is 0 Å². The van der Waals surface area contributed by atoms with Crippen molar-refractivity contribution in [2.45, 2.75) is 24.8 Å². The average molecular weight is 412 g/mol. The van der Waals surface area contributed by atoms with E-state index in [0.717, 1.165) is 10.0 Å². The maximum atomic E-state index is 12.7. The highest BCUT2D eigenvalue weighted by Gasteiger charge is 2.32. The van der Waals surface area contributed by atoms with Gasteiger partial charge in [0.1, 0.15) is 0 Å². The highest BCUT2D eigenvalue weighted by atomic mass is 79.9. The van der Waals surface area contributed by atoms with Crippen LogP contribution in [0.15, 0.2) is 26.0 Å². The quantitative estimate of drug-likeness (QED) is 0.813. The molecule has 1 aromatic carbocycles. The largest absolute Gasteiger partial charge is 0.314 e. The Morgan fingerprint density at radius 3 is 2.63 bits per heavy atom. The van der Waals surface area contributed by atoms with E-state index in [-0.39, 0.29) is 6.04 Å². The summed E-state index contributed by atoms with van der Waals surface area (Å²) < 4.78 is 28.4. The molecule has 0 bridgehead atoms. The smallest absolute Gasteiger partial charge is 0.244 e. The SMILES string of the molecule is Cc1cc(Br)c(S(=O)(=O)N2CCNCC2C)cc1Br. The lowest BCUT2D eigenvalue weighted by Crippen LogP contribution is -2.52. The summed E-state index contributed by atoms with van der Waals surface area (Å²) in [4.78, 5) is 0.318. The van der Waals surface area contributed by atoms with E-state index in [0.29, 0.717) is 29.0 Å². The molecule has 1 atom stereocenters. The van der Waals surface area contributed by atoms with Gasteiger partial charge in [0.2, 0.25) is 10.0 Å². The molecule has 0 saturated carbocycles. The second kappa shape index (κ2) is 5.81. The summed E-state index contributed by atoms with van der Waals surface area (Å²) in [6.45, 7) is 5.72. The fraction of sp³-hybridized carbons (Fsp3) is 0.500. The zero-order valence-corrected chi connectivity index (χ0v) is 14.8. The van der Waals surface area contributed by atoms with Gasteiger partial charge >= 0.3 is 0 Å². The van der Waals surface area contributed by atoms with Crippen LogP contribution in [0.2, 0.25) is 0 Å². The number of hydrogen-bond acceptors (Lipinski definition) is 3. The van der Waals surface area contributed by atoms with Crippen LogP contribution in [0.3, 0.4) is 0 Å². The van der Waals surface area contributed by atoms with Gasteiger partial charge in [0.05, 0.1) is 4.90 Å². The van der Waals surface area contributed by atoms with E-state index in [1.165, 1.54) is 0 Å². The van der Waals surface area contributed by atoms with Gasteiger partial charge in [-0.05, 0) is 47.5 Å². The van der Waals surface area contributed by atoms with Crippen LogP contribution in [-0.2, 0) is 10.0 Å². The maximum Gasteiger partial charge on any atom is 0.244 e. The van der Waals surface area contributed by atoms with Gasteiger partial charge in [-0.3, -0.25) is 0 Å². The first-order valence-corrected chi connectivity index (χ1v) is 9.05. The molecular formula is C12H16Br2N2O2S. The Balaban J connectivity index is 2.47. The van der Waals surface area contributed by atoms with E-state index in [1.54, 1.807) is 10.4 Å². The van der Waals surface area contributed by atoms with Gasteiger partial charge < -0.3 is 5.32 Å². The van der Waals surface area contributed by atoms with Crippen molar-refractivity contribution in [3.8, 4) is 0 Å². The first-order chi connectivity index (χ1) is 8.84. The third-order valence-corrected chi connectivity index (χ3v) is 7.07. The van der Waals surface area contributed by atoms with Crippen LogP contribution in [0.1, 0.15) is 12.5 Å². The fourth-order valence-electron chi connectivity index (χ4n) is 2.13. The standard InChI is InChI=1S/C12H16Br2N2O2S/c1-8-5-11(14)12(6-10(8)13)19(17,18)16-4-3-15-7-9(16)2/h5-6,9,15H,3-4,7H2,1-2H3. The Morgan fingerprint density at radius 1 is 1.32 bits per heavy atom. The van der Waals surface area contributed by atoms with E-state index in [1.807, 2.05) is 19.9 Å². The summed E-state index contributed by atoms with van der Waals surface area (Å²) in [5.41, 5.74) is 0.999. The fourth-order valence-corrected chi connectivity index (χ4v) is 5.40. The number of halogens is 2. The number of hydrogen-bond donors (Lipinski definition) is 1. The predicted molar refractivity (Wildman–Crippen MR) is 82.8 cm³/mol. The van der Waals surface area contributed by atoms with E-state index < -0.39 is 10.0 Å². The highest BCUT2D eigenvalue weighted by molar-refractivity contribution is 9.11. The van der Waals surface area contributed by atoms with Crippen LogP contribution in [0.5, 0.6) is 0 Å². The summed E-state index contributed by atoms with van der Waals surface area (Å²) in [6.07, 6.45) is 0. The minimum Gasteiger partial charge on any atom is -0.314 e. The van der Waals surface area contributed by atoms with E-state index in [9.17, 15) is 8.42 Å². The Hall–Kier alpha value is 0.0500. The van der Waals surface area contributed by atoms with Gasteiger partial charge in [-0.15, -0.1) is 0 Å². The van der Waals surface area contributed by atoms with Crippen molar-refractivity contribution < 1.29 is 8.42 Å². The number of aryl methyl sites for hydroxylation is 1. The summed E-state index contributed by atoms with van der Waals surface area (Å²) in [6, 6.07) is 3.46. The van der Waals surface area contributed by atoms with E-state index in [2.05, 4.69) is 37.2 Å². The number of sulfonamides is 1. The van der Waals surface area contributed by atoms with Gasteiger partial charge in [0.25, 0.3) is 0 Å². The molecule has 0 amide bonds. The molecule has 7 heteroatoms. The molecule has 1 fully saturated rings. The Kier molecular flexibility index (Phi) is 4.72. The summed E-state index contributed by atoms with van der Waals surface area (Å²) in [7, 11) is -3.46. The van der Waals surface area contributed by atoms with Crippen molar-refractivity contribution in [2.24, 2.45) is 0 Å². The van der Waals surface area contributed by atoms with Crippen molar-refractivity contribution in [3.05, 3.63) is 26.6 Å². The van der Waals surface area contributed by atoms with E-state index >= 15 is 0 Å². The van der Waals surface area contributed by atoms with Crippen molar-refractivity contribution in [2.75, 3.05) is 19.6 Å². The molecule has 0 aromatic heterocycles. The molecule has 106 valence electrons. The maximum absolute atomic E-state index is 12.7. The molecule has 0 radical (unpaired) electrons. The molecule has 1 aliphatic heterocycles. The zero-order chi connectivity index (χ0) is 14.2. The highest BCUT2D eigenvalue weighted by Crippen LogP contribution is 2.31. The molecule has 0 spiro atoms. The third-order valence-electron chi connectivity index (χ3n) is 3.24. The van der Waals surface area contributed by atoms with Crippen molar-refractivity contribution >= 4 is 41.9 Å². The molecule has 1 heterocycles. The lowest BCUT2D eigenvalue weighted by Gasteiger charge is -2.33. The lowest BCUT2D eigenvalue weighted by molar-refractivity contribution is 0.283. The predicted octanol–water partition coefficient (Wildman–Crippen LogP) is 2.50. The van der Waals surface area contributed by atoms with Crippen LogP contribution >= 0.6 is 31.9 Å². The van der Waals surface area contributed by atoms with Gasteiger partial charge in [0, 0.05) is 34.6 Å². The minimum absolute atomic E-state index is 0.0364. The summed E-state index contributed by atoms with van der Waals surface area (Å²) >= 11 is 6.76. The van der Waals surface area contributed by atoms with Crippen molar-refractivity contribution in [1.82, 2.24) is 9.62 Å². The molecule has 2 rings (SSSR count). The zero-order valence-electron chi connectivity index (χ0n) is 10.8. The van der Waals surface area contributed by atoms with Gasteiger partial charge in [-0.1, -0.05) is 15.9 Å². The number of benzene rings is 1. The first-order valence-electron chi connectivity index (χ1n) is 6.02. The Bertz CT molecular complexity index is 590. The molecule has 19 heavy (non-hydrogen) atoms. The summed E-state index contributed by atoms with van der Waals surface area (Å²) in [5.74, 6) is 0. The third kappa shape index (κ3) is 3.05. The normalized spacial score (nSPS) is 21.6. The molecule has 1 N–H and O–H groups in total. The van der Waals surface area contributed by atoms with Crippen LogP contribution in [0, 0.1) is 6.92 Å². The van der Waals surface area contributed by atoms with Gasteiger partial charge in [-0.25, -0.2) is 8.42 Å². The molecule has 1 aliphatic rings. The second-order valence-corrected chi connectivity index (χ2v) is 8.27. The minimum atomic E-state index is -3.46. The van der Waals surface area contributed by atoms with Crippen LogP contribution in [-0.4, -0.2) is 38.4 Å². The number of nitrogens with one attached hydrogen (secondary N) is 1. The number of rotatable bonds is 2. The molecule has 1 saturated heterocycles. The van der Waals surface area contributed by atoms with Crippen LogP contribution in [0.25, 0.3) is 0 Å². The molecule has 0 aliphatic carbocycles. The molecular weight excluding hydrogens is 396 g/mol. The second-order valence-electron chi connectivity index (χ2n) is 4.70. The van der Waals surface area contributed by atoms with Gasteiger partial charge in [0.15, 0.2) is 0 Å². The Labute approximate surface area is 130 Å². The first kappa shape index (κ1) is 15.4. The molecule has 1 unspecified atom stereocenters. The van der Waals surface area contributed by atoms with Crippen molar-refractivity contribution in [1.29, 1.82) is 0 Å².